The van der Waals surface area contributed by atoms with Crippen LogP contribution in [0.2, 0.25) is 0 Å². The van der Waals surface area contributed by atoms with E-state index in [-0.39, 0.29) is 5.91 Å². The van der Waals surface area contributed by atoms with Crippen molar-refractivity contribution in [2.24, 2.45) is 0 Å². The van der Waals surface area contributed by atoms with E-state index in [4.69, 9.17) is 0 Å². The third-order valence-electron chi connectivity index (χ3n) is 3.29. The van der Waals surface area contributed by atoms with Crippen LogP contribution < -0.4 is 5.32 Å². The lowest BCUT2D eigenvalue weighted by atomic mass is 10.0. The maximum absolute atomic E-state index is 12.3. The van der Waals surface area contributed by atoms with Crippen LogP contribution in [0.25, 0.3) is 12.2 Å². The summed E-state index contributed by atoms with van der Waals surface area (Å²) in [5, 5.41) is 2.72. The minimum absolute atomic E-state index is 0.242. The molecule has 1 aromatic heterocycles. The van der Waals surface area contributed by atoms with E-state index in [0.717, 1.165) is 17.4 Å². The number of rotatable bonds is 6. The van der Waals surface area contributed by atoms with Crippen molar-refractivity contribution >= 4 is 24.3 Å². The Balaban J connectivity index is 2.21. The molecule has 1 unspecified atom stereocenters. The van der Waals surface area contributed by atoms with E-state index in [0.29, 0.717) is 12.0 Å². The molecule has 0 aliphatic rings. The largest absolute Gasteiger partial charge is 0.343 e. The number of pyridine rings is 1. The van der Waals surface area contributed by atoms with E-state index in [1.807, 2.05) is 43.3 Å². The second kappa shape index (κ2) is 7.88. The number of aldehydes is 1. The van der Waals surface area contributed by atoms with Gasteiger partial charge in [-0.25, -0.2) is 0 Å². The smallest absolute Gasteiger partial charge is 0.252 e. The lowest BCUT2D eigenvalue weighted by molar-refractivity contribution is -0.109. The third-order valence-corrected chi connectivity index (χ3v) is 3.29. The zero-order chi connectivity index (χ0) is 15.8. The van der Waals surface area contributed by atoms with Crippen LogP contribution in [0.1, 0.15) is 34.8 Å². The minimum Gasteiger partial charge on any atom is -0.343 e. The van der Waals surface area contributed by atoms with Crippen molar-refractivity contribution in [1.82, 2.24) is 10.3 Å². The number of benzene rings is 1. The molecular formula is C18H18N2O2. The molecule has 1 N–H and O–H groups in total. The molecule has 4 nitrogen and oxygen atoms in total. The molecule has 0 saturated heterocycles. The zero-order valence-electron chi connectivity index (χ0n) is 12.4. The maximum atomic E-state index is 12.3. The Hall–Kier alpha value is -2.75. The molecule has 1 amide bonds. The highest BCUT2D eigenvalue weighted by atomic mass is 16.2. The van der Waals surface area contributed by atoms with Crippen LogP contribution in [0.3, 0.4) is 0 Å². The highest BCUT2D eigenvalue weighted by molar-refractivity contribution is 5.99. The van der Waals surface area contributed by atoms with Crippen molar-refractivity contribution < 1.29 is 9.59 Å². The number of nitrogens with one attached hydrogen (secondary N) is 1. The average Bonchev–Trinajstić information content (AvgIpc) is 2.58. The molecule has 0 aliphatic heterocycles. The Morgan fingerprint density at radius 3 is 2.59 bits per heavy atom. The minimum atomic E-state index is -0.454. The van der Waals surface area contributed by atoms with Crippen molar-refractivity contribution in [2.45, 2.75) is 19.4 Å². The first-order valence-corrected chi connectivity index (χ1v) is 7.18. The number of nitrogens with zero attached hydrogens (tertiary/aromatic N) is 1. The Kier molecular flexibility index (Phi) is 5.60. The molecular weight excluding hydrogens is 276 g/mol. The fourth-order valence-corrected chi connectivity index (χ4v) is 1.99. The van der Waals surface area contributed by atoms with Crippen molar-refractivity contribution in [1.29, 1.82) is 0 Å². The van der Waals surface area contributed by atoms with E-state index in [1.165, 1.54) is 0 Å². The predicted octanol–water partition coefficient (Wildman–Crippen LogP) is 2.96. The van der Waals surface area contributed by atoms with Gasteiger partial charge in [0.05, 0.1) is 6.04 Å². The highest BCUT2D eigenvalue weighted by Crippen LogP contribution is 2.13. The Bertz CT molecular complexity index is 666. The highest BCUT2D eigenvalue weighted by Gasteiger charge is 2.13. The van der Waals surface area contributed by atoms with Gasteiger partial charge in [0, 0.05) is 18.0 Å². The number of carbonyl (C=O) groups is 2. The summed E-state index contributed by atoms with van der Waals surface area (Å²) in [5.74, 6) is -0.242. The molecule has 4 heteroatoms. The molecule has 1 atom stereocenters. The summed E-state index contributed by atoms with van der Waals surface area (Å²) in [6.07, 6.45) is 8.57. The molecule has 2 aromatic rings. The standard InChI is InChI=1S/C18H18N2O2/c1-2-16(13-21)20-18(22)17-6-4-3-5-15(17)8-7-14-9-11-19-12-10-14/h3-13,16H,2H2,1H3,(H,20,22)/b8-7+. The molecule has 112 valence electrons. The molecule has 1 aromatic carbocycles. The molecule has 2 rings (SSSR count). The van der Waals surface area contributed by atoms with Gasteiger partial charge in [-0.2, -0.15) is 0 Å². The Morgan fingerprint density at radius 2 is 1.91 bits per heavy atom. The van der Waals surface area contributed by atoms with Crippen LogP contribution in [-0.4, -0.2) is 23.2 Å². The van der Waals surface area contributed by atoms with Gasteiger partial charge in [0.25, 0.3) is 5.91 Å². The molecule has 0 radical (unpaired) electrons. The second-order valence-electron chi connectivity index (χ2n) is 4.83. The summed E-state index contributed by atoms with van der Waals surface area (Å²) >= 11 is 0. The molecule has 0 fully saturated rings. The Labute approximate surface area is 129 Å². The van der Waals surface area contributed by atoms with E-state index in [1.54, 1.807) is 24.5 Å². The quantitative estimate of drug-likeness (QED) is 0.833. The van der Waals surface area contributed by atoms with Gasteiger partial charge in [-0.3, -0.25) is 9.78 Å². The predicted molar refractivity (Wildman–Crippen MR) is 87.2 cm³/mol. The summed E-state index contributed by atoms with van der Waals surface area (Å²) in [6, 6.07) is 10.6. The second-order valence-corrected chi connectivity index (χ2v) is 4.83. The number of hydrogen-bond acceptors (Lipinski definition) is 3. The molecule has 0 spiro atoms. The number of carbonyl (C=O) groups excluding carboxylic acids is 2. The molecule has 0 bridgehead atoms. The average molecular weight is 294 g/mol. The van der Waals surface area contributed by atoms with Crippen LogP contribution in [0.4, 0.5) is 0 Å². The number of hydrogen-bond donors (Lipinski definition) is 1. The monoisotopic (exact) mass is 294 g/mol. The van der Waals surface area contributed by atoms with E-state index >= 15 is 0 Å². The first kappa shape index (κ1) is 15.6. The normalized spacial score (nSPS) is 12.0. The zero-order valence-corrected chi connectivity index (χ0v) is 12.4. The summed E-state index contributed by atoms with van der Waals surface area (Å²) in [7, 11) is 0. The molecule has 1 heterocycles. The Morgan fingerprint density at radius 1 is 1.18 bits per heavy atom. The van der Waals surface area contributed by atoms with Gasteiger partial charge in [0.2, 0.25) is 0 Å². The number of amides is 1. The van der Waals surface area contributed by atoms with Crippen LogP contribution in [0.5, 0.6) is 0 Å². The fraction of sp³-hybridized carbons (Fsp3) is 0.167. The van der Waals surface area contributed by atoms with Crippen molar-refractivity contribution in [2.75, 3.05) is 0 Å². The van der Waals surface area contributed by atoms with Crippen molar-refractivity contribution in [3.63, 3.8) is 0 Å². The van der Waals surface area contributed by atoms with Crippen LogP contribution in [0, 0.1) is 0 Å². The first-order valence-electron chi connectivity index (χ1n) is 7.18. The van der Waals surface area contributed by atoms with Gasteiger partial charge in [0.15, 0.2) is 0 Å². The van der Waals surface area contributed by atoms with Gasteiger partial charge in [0.1, 0.15) is 6.29 Å². The molecule has 0 saturated carbocycles. The van der Waals surface area contributed by atoms with Gasteiger partial charge < -0.3 is 10.1 Å². The SMILES string of the molecule is CCC(C=O)NC(=O)c1ccccc1/C=C/c1ccncc1. The lowest BCUT2D eigenvalue weighted by Crippen LogP contribution is -2.35. The molecule has 22 heavy (non-hydrogen) atoms. The lowest BCUT2D eigenvalue weighted by Gasteiger charge is -2.11. The third kappa shape index (κ3) is 4.12. The van der Waals surface area contributed by atoms with Crippen LogP contribution in [-0.2, 0) is 4.79 Å². The van der Waals surface area contributed by atoms with Gasteiger partial charge in [-0.1, -0.05) is 37.3 Å². The van der Waals surface area contributed by atoms with E-state index in [2.05, 4.69) is 10.3 Å². The number of aromatic nitrogens is 1. The van der Waals surface area contributed by atoms with Crippen LogP contribution >= 0.6 is 0 Å². The first-order chi connectivity index (χ1) is 10.7. The summed E-state index contributed by atoms with van der Waals surface area (Å²) in [6.45, 7) is 1.86. The summed E-state index contributed by atoms with van der Waals surface area (Å²) < 4.78 is 0. The van der Waals surface area contributed by atoms with E-state index < -0.39 is 6.04 Å². The topological polar surface area (TPSA) is 59.1 Å². The summed E-state index contributed by atoms with van der Waals surface area (Å²) in [5.41, 5.74) is 2.36. The van der Waals surface area contributed by atoms with Crippen molar-refractivity contribution in [3.05, 3.63) is 65.5 Å². The van der Waals surface area contributed by atoms with Gasteiger partial charge >= 0.3 is 0 Å². The fourth-order valence-electron chi connectivity index (χ4n) is 1.99. The molecule has 0 aliphatic carbocycles. The van der Waals surface area contributed by atoms with Gasteiger partial charge in [-0.15, -0.1) is 0 Å². The van der Waals surface area contributed by atoms with E-state index in [9.17, 15) is 9.59 Å². The van der Waals surface area contributed by atoms with Crippen LogP contribution in [0.15, 0.2) is 48.8 Å². The van der Waals surface area contributed by atoms with Gasteiger partial charge in [-0.05, 0) is 35.7 Å². The maximum Gasteiger partial charge on any atom is 0.252 e. The summed E-state index contributed by atoms with van der Waals surface area (Å²) in [4.78, 5) is 27.1. The van der Waals surface area contributed by atoms with Crippen molar-refractivity contribution in [3.8, 4) is 0 Å².